The summed E-state index contributed by atoms with van der Waals surface area (Å²) in [6.45, 7) is 5.43. The molecule has 0 aromatic heterocycles. The molecule has 3 N–H and O–H groups in total. The van der Waals surface area contributed by atoms with E-state index in [0.29, 0.717) is 6.54 Å². The van der Waals surface area contributed by atoms with E-state index in [-0.39, 0.29) is 49.5 Å². The molecule has 0 spiro atoms. The van der Waals surface area contributed by atoms with Crippen molar-refractivity contribution in [1.82, 2.24) is 10.2 Å². The van der Waals surface area contributed by atoms with Gasteiger partial charge in [-0.2, -0.15) is 0 Å². The summed E-state index contributed by atoms with van der Waals surface area (Å²) in [4.78, 5) is 25.1. The Bertz CT molecular complexity index is 1610. The zero-order chi connectivity index (χ0) is 33.3. The number of benzene rings is 4. The van der Waals surface area contributed by atoms with Crippen molar-refractivity contribution in [1.29, 1.82) is 0 Å². The van der Waals surface area contributed by atoms with Crippen LogP contribution in [0, 0.1) is 5.92 Å². The van der Waals surface area contributed by atoms with Crippen LogP contribution in [-0.4, -0.2) is 46.7 Å². The van der Waals surface area contributed by atoms with Gasteiger partial charge < -0.3 is 25.0 Å². The van der Waals surface area contributed by atoms with Crippen molar-refractivity contribution in [3.8, 4) is 11.1 Å². The quantitative estimate of drug-likeness (QED) is 0.148. The number of carboxylic acids is 1. The number of aliphatic carboxylic acids is 1. The first-order valence-electron chi connectivity index (χ1n) is 16.2. The van der Waals surface area contributed by atoms with Gasteiger partial charge >= 0.3 is 5.97 Å². The number of likely N-dealkylation sites (N-methyl/N-ethyl adjacent to an activating group) is 1. The van der Waals surface area contributed by atoms with E-state index >= 15 is 0 Å². The lowest BCUT2D eigenvalue weighted by Crippen LogP contribution is -2.44. The molecule has 1 heterocycles. The minimum absolute atomic E-state index is 0.00538. The van der Waals surface area contributed by atoms with Crippen molar-refractivity contribution in [3.05, 3.63) is 131 Å². The van der Waals surface area contributed by atoms with Gasteiger partial charge in [0.2, 0.25) is 5.91 Å². The smallest absolute Gasteiger partial charge is 0.303 e. The molecule has 246 valence electrons. The lowest BCUT2D eigenvalue weighted by molar-refractivity contribution is -0.276. The van der Waals surface area contributed by atoms with Crippen LogP contribution in [0.3, 0.4) is 0 Å². The maximum absolute atomic E-state index is 12.0. The molecule has 1 aliphatic heterocycles. The number of nitrogens with one attached hydrogen (secondary N) is 1. The van der Waals surface area contributed by atoms with Crippen molar-refractivity contribution in [2.75, 3.05) is 13.6 Å². The summed E-state index contributed by atoms with van der Waals surface area (Å²) in [6, 6.07) is 34.7. The molecule has 0 saturated carbocycles. The fraction of sp³-hybridized carbons (Fsp3) is 0.333. The molecule has 1 amide bonds. The average Bonchev–Trinajstić information content (AvgIpc) is 3.11. The summed E-state index contributed by atoms with van der Waals surface area (Å²) in [6.07, 6.45) is -1.10. The number of hydrogen-bond donors (Lipinski definition) is 3. The first-order valence-corrected chi connectivity index (χ1v) is 16.2. The molecule has 1 saturated heterocycles. The molecule has 0 bridgehead atoms. The molecule has 8 nitrogen and oxygen atoms in total. The summed E-state index contributed by atoms with van der Waals surface area (Å²) in [5.41, 5.74) is 7.03. The van der Waals surface area contributed by atoms with Gasteiger partial charge in [0.15, 0.2) is 6.29 Å². The van der Waals surface area contributed by atoms with Crippen LogP contribution < -0.4 is 5.32 Å². The van der Waals surface area contributed by atoms with Gasteiger partial charge in [-0.15, -0.1) is 0 Å². The fourth-order valence-electron chi connectivity index (χ4n) is 5.96. The molecule has 0 unspecified atom stereocenters. The Morgan fingerprint density at radius 2 is 1.53 bits per heavy atom. The lowest BCUT2D eigenvalue weighted by Gasteiger charge is -2.43. The minimum atomic E-state index is -0.989. The van der Waals surface area contributed by atoms with E-state index in [9.17, 15) is 14.7 Å². The zero-order valence-corrected chi connectivity index (χ0v) is 27.2. The highest BCUT2D eigenvalue weighted by atomic mass is 16.7. The van der Waals surface area contributed by atoms with E-state index < -0.39 is 12.3 Å². The fourth-order valence-corrected chi connectivity index (χ4v) is 5.96. The predicted molar refractivity (Wildman–Crippen MR) is 181 cm³/mol. The zero-order valence-electron chi connectivity index (χ0n) is 27.2. The first kappa shape index (κ1) is 34.0. The molecule has 4 aromatic rings. The first-order chi connectivity index (χ1) is 22.7. The van der Waals surface area contributed by atoms with E-state index in [0.717, 1.165) is 39.9 Å². The third kappa shape index (κ3) is 8.93. The number of rotatable bonds is 13. The Morgan fingerprint density at radius 3 is 2.21 bits per heavy atom. The summed E-state index contributed by atoms with van der Waals surface area (Å²) in [7, 11) is 2.13. The molecule has 47 heavy (non-hydrogen) atoms. The van der Waals surface area contributed by atoms with E-state index in [4.69, 9.17) is 14.6 Å². The van der Waals surface area contributed by atoms with Crippen LogP contribution in [0.1, 0.15) is 72.9 Å². The maximum Gasteiger partial charge on any atom is 0.303 e. The number of aliphatic hydroxyl groups excluding tert-OH is 1. The van der Waals surface area contributed by atoms with Crippen molar-refractivity contribution in [2.45, 2.75) is 64.4 Å². The molecular formula is C39H44N2O6. The Morgan fingerprint density at radius 1 is 0.830 bits per heavy atom. The molecule has 5 rings (SSSR count). The number of aliphatic hydroxyl groups is 1. The van der Waals surface area contributed by atoms with Crippen molar-refractivity contribution >= 4 is 11.9 Å². The number of amides is 1. The number of nitrogens with zero attached hydrogens (tertiary/aromatic N) is 1. The van der Waals surface area contributed by atoms with Gasteiger partial charge in [0.1, 0.15) is 0 Å². The summed E-state index contributed by atoms with van der Waals surface area (Å²) < 4.78 is 13.4. The van der Waals surface area contributed by atoms with Crippen LogP contribution in [-0.2, 0) is 32.2 Å². The summed E-state index contributed by atoms with van der Waals surface area (Å²) in [5.74, 6) is -1.20. The van der Waals surface area contributed by atoms with Crippen LogP contribution in [0.5, 0.6) is 0 Å². The Kier molecular flexibility index (Phi) is 11.6. The number of carbonyl (C=O) groups excluding carboxylic acids is 1. The van der Waals surface area contributed by atoms with E-state index in [1.54, 1.807) is 0 Å². The monoisotopic (exact) mass is 636 g/mol. The SMILES string of the molecule is C[C@@H]1[C@H](CN(C)[C@@H](C)c2ccccc2)O[C@H](c2ccc(-c3cccc(CNC(=O)CCC(=O)O)c3)cc2)O[C@@H]1c1ccc(CO)cc1. The average molecular weight is 637 g/mol. The van der Waals surface area contributed by atoms with Gasteiger partial charge in [-0.05, 0) is 53.4 Å². The second-order valence-corrected chi connectivity index (χ2v) is 12.3. The molecule has 0 radical (unpaired) electrons. The van der Waals surface area contributed by atoms with Crippen LogP contribution in [0.4, 0.5) is 0 Å². The topological polar surface area (TPSA) is 108 Å². The third-order valence-electron chi connectivity index (χ3n) is 9.03. The number of carboxylic acid groups (broad SMARTS) is 1. The highest BCUT2D eigenvalue weighted by Crippen LogP contribution is 2.42. The molecule has 0 aliphatic carbocycles. The molecule has 1 aliphatic rings. The predicted octanol–water partition coefficient (Wildman–Crippen LogP) is 6.81. The highest BCUT2D eigenvalue weighted by molar-refractivity contribution is 5.80. The molecule has 5 atom stereocenters. The molecular weight excluding hydrogens is 592 g/mol. The third-order valence-corrected chi connectivity index (χ3v) is 9.03. The van der Waals surface area contributed by atoms with Crippen LogP contribution in [0.2, 0.25) is 0 Å². The number of hydrogen-bond acceptors (Lipinski definition) is 6. The Balaban J connectivity index is 1.33. The minimum Gasteiger partial charge on any atom is -0.481 e. The second kappa shape index (κ2) is 16.0. The lowest BCUT2D eigenvalue weighted by atomic mass is 9.89. The van der Waals surface area contributed by atoms with E-state index in [1.165, 1.54) is 5.56 Å². The van der Waals surface area contributed by atoms with Crippen LogP contribution in [0.15, 0.2) is 103 Å². The highest BCUT2D eigenvalue weighted by Gasteiger charge is 2.39. The van der Waals surface area contributed by atoms with Crippen LogP contribution in [0.25, 0.3) is 11.1 Å². The Hall–Kier alpha value is -4.34. The number of ether oxygens (including phenoxy) is 2. The van der Waals surface area contributed by atoms with E-state index in [2.05, 4.69) is 55.4 Å². The largest absolute Gasteiger partial charge is 0.481 e. The van der Waals surface area contributed by atoms with Gasteiger partial charge in [-0.1, -0.05) is 104 Å². The molecule has 4 aromatic carbocycles. The molecule has 8 heteroatoms. The maximum atomic E-state index is 12.0. The van der Waals surface area contributed by atoms with Gasteiger partial charge in [-0.25, -0.2) is 0 Å². The van der Waals surface area contributed by atoms with Crippen LogP contribution >= 0.6 is 0 Å². The van der Waals surface area contributed by atoms with Crippen molar-refractivity contribution < 1.29 is 29.3 Å². The van der Waals surface area contributed by atoms with Gasteiger partial charge in [0, 0.05) is 37.0 Å². The van der Waals surface area contributed by atoms with Crippen molar-refractivity contribution in [2.24, 2.45) is 5.92 Å². The summed E-state index contributed by atoms with van der Waals surface area (Å²) in [5, 5.41) is 21.2. The standard InChI is InChI=1S/C39H44N2O6/c1-26-35(24-41(3)27(2)30-9-5-4-6-10-30)46-39(47-38(26)32-14-12-28(25-42)13-15-32)33-18-16-31(17-19-33)34-11-7-8-29(22-34)23-40-36(43)20-21-37(44)45/h4-19,22,26-27,35,38-39,42H,20-21,23-25H2,1-3H3,(H,40,43)(H,44,45)/t26-,27+,35+,38+,39+/m1/s1. The van der Waals surface area contributed by atoms with E-state index in [1.807, 2.05) is 78.9 Å². The van der Waals surface area contributed by atoms with Gasteiger partial charge in [0.05, 0.1) is 25.2 Å². The Labute approximate surface area is 277 Å². The second-order valence-electron chi connectivity index (χ2n) is 12.3. The number of carbonyl (C=O) groups is 2. The molecule has 1 fully saturated rings. The van der Waals surface area contributed by atoms with Gasteiger partial charge in [-0.3, -0.25) is 14.5 Å². The van der Waals surface area contributed by atoms with Crippen molar-refractivity contribution in [3.63, 3.8) is 0 Å². The summed E-state index contributed by atoms with van der Waals surface area (Å²) >= 11 is 0. The van der Waals surface area contributed by atoms with Gasteiger partial charge in [0.25, 0.3) is 0 Å². The normalized spacial score (nSPS) is 20.1.